The van der Waals surface area contributed by atoms with Crippen molar-refractivity contribution in [2.45, 2.75) is 65.1 Å². The number of alkyl carbamates (subject to hydrolysis) is 1. The second-order valence-electron chi connectivity index (χ2n) is 9.15. The van der Waals surface area contributed by atoms with Crippen molar-refractivity contribution in [2.75, 3.05) is 25.5 Å². The molecule has 0 aromatic heterocycles. The molecule has 4 amide bonds. The molecule has 0 aliphatic carbocycles. The lowest BCUT2D eigenvalue weighted by molar-refractivity contribution is -0.129. The van der Waals surface area contributed by atoms with Gasteiger partial charge in [0.05, 0.1) is 12.4 Å². The summed E-state index contributed by atoms with van der Waals surface area (Å²) >= 11 is 0.760. The van der Waals surface area contributed by atoms with Crippen LogP contribution in [0.2, 0.25) is 0 Å². The number of nitrogens with one attached hydrogen (secondary N) is 3. The van der Waals surface area contributed by atoms with Crippen molar-refractivity contribution < 1.29 is 28.7 Å². The molecule has 1 atom stereocenters. The van der Waals surface area contributed by atoms with Gasteiger partial charge >= 0.3 is 6.09 Å². The molecule has 0 radical (unpaired) electrons. The Morgan fingerprint density at radius 2 is 1.83 bits per heavy atom. The predicted molar refractivity (Wildman–Crippen MR) is 134 cm³/mol. The number of hydrogen-bond donors (Lipinski definition) is 3. The van der Waals surface area contributed by atoms with Gasteiger partial charge < -0.3 is 19.7 Å². The second-order valence-corrected chi connectivity index (χ2v) is 10.1. The average Bonchev–Trinajstić information content (AvgIpc) is 2.81. The maximum Gasteiger partial charge on any atom is 0.408 e. The third kappa shape index (κ3) is 10.6. The molecule has 0 bridgehead atoms. The number of thioether (sulfide) groups is 1. The molecule has 0 saturated carbocycles. The average molecular weight is 509 g/mol. The van der Waals surface area contributed by atoms with Crippen molar-refractivity contribution in [3.8, 4) is 0 Å². The fourth-order valence-electron chi connectivity index (χ4n) is 3.24. The molecule has 11 heteroatoms. The Hall–Kier alpha value is -2.79. The highest BCUT2D eigenvalue weighted by atomic mass is 32.2. The largest absolute Gasteiger partial charge is 0.444 e. The van der Waals surface area contributed by atoms with E-state index in [0.29, 0.717) is 19.7 Å². The van der Waals surface area contributed by atoms with Crippen LogP contribution < -0.4 is 16.2 Å². The van der Waals surface area contributed by atoms with Crippen molar-refractivity contribution in [3.05, 3.63) is 35.4 Å². The summed E-state index contributed by atoms with van der Waals surface area (Å²) in [6.45, 7) is 8.61. The van der Waals surface area contributed by atoms with Crippen LogP contribution in [0.5, 0.6) is 0 Å². The molecule has 1 aromatic carbocycles. The van der Waals surface area contributed by atoms with Crippen LogP contribution in [0.1, 0.15) is 51.7 Å². The van der Waals surface area contributed by atoms with Gasteiger partial charge in [-0.05, 0) is 44.7 Å². The summed E-state index contributed by atoms with van der Waals surface area (Å²) in [7, 11) is 0. The molecule has 0 unspecified atom stereocenters. The summed E-state index contributed by atoms with van der Waals surface area (Å²) < 4.78 is 10.7. The number of nitrogens with zero attached hydrogens (tertiary/aromatic N) is 1. The number of benzene rings is 1. The Kier molecular flexibility index (Phi) is 11.3. The minimum Gasteiger partial charge on any atom is -0.444 e. The van der Waals surface area contributed by atoms with Crippen molar-refractivity contribution in [3.63, 3.8) is 0 Å². The van der Waals surface area contributed by atoms with Crippen molar-refractivity contribution >= 4 is 34.9 Å². The molecule has 194 valence electrons. The van der Waals surface area contributed by atoms with E-state index < -0.39 is 28.9 Å². The fourth-order valence-corrected chi connectivity index (χ4v) is 3.80. The maximum atomic E-state index is 12.6. The number of ether oxygens (including phenoxy) is 2. The van der Waals surface area contributed by atoms with Crippen LogP contribution in [0.3, 0.4) is 0 Å². The van der Waals surface area contributed by atoms with Crippen LogP contribution in [0.25, 0.3) is 0 Å². The molecule has 1 heterocycles. The standard InChI is InChI=1S/C24H36N4O6S/c1-5-6-13-33-15-19(25-22(31)34-24(2,3)4)21(30)26-27-23(32)35-16-20(29)28-12-11-17-9-7-8-10-18(17)14-28/h7-10,19H,5-6,11-16H2,1-4H3,(H,25,31)(H,26,30)(H,27,32)/t19-/m0/s1. The lowest BCUT2D eigenvalue weighted by Crippen LogP contribution is -2.54. The number of hydrazine groups is 1. The number of unbranched alkanes of at least 4 members (excludes halogenated alkanes) is 1. The zero-order valence-corrected chi connectivity index (χ0v) is 21.7. The van der Waals surface area contributed by atoms with E-state index in [9.17, 15) is 19.2 Å². The first-order valence-corrected chi connectivity index (χ1v) is 12.7. The van der Waals surface area contributed by atoms with Gasteiger partial charge in [0.1, 0.15) is 11.6 Å². The number of amides is 4. The number of carbonyl (C=O) groups excluding carboxylic acids is 4. The quantitative estimate of drug-likeness (QED) is 0.346. The summed E-state index contributed by atoms with van der Waals surface area (Å²) in [5.74, 6) is -0.871. The molecule has 0 fully saturated rings. The fraction of sp³-hybridized carbons (Fsp3) is 0.583. The minimum atomic E-state index is -1.07. The number of hydrogen-bond acceptors (Lipinski definition) is 7. The van der Waals surface area contributed by atoms with Crippen LogP contribution in [0.4, 0.5) is 9.59 Å². The summed E-state index contributed by atoms with van der Waals surface area (Å²) in [4.78, 5) is 51.1. The van der Waals surface area contributed by atoms with E-state index >= 15 is 0 Å². The highest BCUT2D eigenvalue weighted by molar-refractivity contribution is 8.14. The lowest BCUT2D eigenvalue weighted by Gasteiger charge is -2.28. The van der Waals surface area contributed by atoms with Gasteiger partial charge in [0, 0.05) is 19.7 Å². The summed E-state index contributed by atoms with van der Waals surface area (Å²) in [5.41, 5.74) is 6.15. The van der Waals surface area contributed by atoms with E-state index in [2.05, 4.69) is 22.2 Å². The zero-order valence-electron chi connectivity index (χ0n) is 20.8. The number of carbonyl (C=O) groups is 4. The zero-order chi connectivity index (χ0) is 25.8. The van der Waals surface area contributed by atoms with Crippen LogP contribution in [0.15, 0.2) is 24.3 Å². The van der Waals surface area contributed by atoms with E-state index in [1.807, 2.05) is 25.1 Å². The van der Waals surface area contributed by atoms with Gasteiger partial charge in [-0.1, -0.05) is 49.4 Å². The molecule has 1 aliphatic heterocycles. The van der Waals surface area contributed by atoms with E-state index in [-0.39, 0.29) is 18.3 Å². The lowest BCUT2D eigenvalue weighted by atomic mass is 10.00. The first kappa shape index (κ1) is 28.4. The Morgan fingerprint density at radius 3 is 2.51 bits per heavy atom. The topological polar surface area (TPSA) is 126 Å². The van der Waals surface area contributed by atoms with Crippen molar-refractivity contribution in [2.24, 2.45) is 0 Å². The van der Waals surface area contributed by atoms with Crippen LogP contribution in [0, 0.1) is 0 Å². The molecule has 3 N–H and O–H groups in total. The summed E-state index contributed by atoms with van der Waals surface area (Å²) in [5, 5.41) is 1.87. The highest BCUT2D eigenvalue weighted by Crippen LogP contribution is 2.19. The van der Waals surface area contributed by atoms with Gasteiger partial charge in [-0.15, -0.1) is 0 Å². The van der Waals surface area contributed by atoms with Crippen molar-refractivity contribution in [1.82, 2.24) is 21.1 Å². The van der Waals surface area contributed by atoms with Crippen LogP contribution in [-0.2, 0) is 32.0 Å². The molecule has 0 saturated heterocycles. The van der Waals surface area contributed by atoms with Gasteiger partial charge in [0.2, 0.25) is 5.91 Å². The SMILES string of the molecule is CCCCOC[C@H](NC(=O)OC(C)(C)C)C(=O)NNC(=O)SCC(=O)N1CCc2ccccc2C1. The van der Waals surface area contributed by atoms with E-state index in [1.54, 1.807) is 25.7 Å². The third-order valence-corrected chi connectivity index (χ3v) is 5.79. The highest BCUT2D eigenvalue weighted by Gasteiger charge is 2.26. The van der Waals surface area contributed by atoms with E-state index in [1.165, 1.54) is 5.56 Å². The summed E-state index contributed by atoms with van der Waals surface area (Å²) in [6, 6.07) is 6.91. The molecule has 2 rings (SSSR count). The number of fused-ring (bicyclic) bond motifs is 1. The number of rotatable bonds is 9. The van der Waals surface area contributed by atoms with Gasteiger partial charge in [-0.25, -0.2) is 4.79 Å². The molecule has 10 nitrogen and oxygen atoms in total. The Balaban J connectivity index is 1.79. The Morgan fingerprint density at radius 1 is 1.11 bits per heavy atom. The van der Waals surface area contributed by atoms with Crippen LogP contribution in [-0.4, -0.2) is 65.2 Å². The first-order valence-electron chi connectivity index (χ1n) is 11.7. The Bertz CT molecular complexity index is 889. The minimum absolute atomic E-state index is 0.0520. The molecule has 0 spiro atoms. The maximum absolute atomic E-state index is 12.6. The molecular formula is C24H36N4O6S. The molecule has 1 aliphatic rings. The van der Waals surface area contributed by atoms with Gasteiger partial charge in [0.25, 0.3) is 11.1 Å². The Labute approximate surface area is 210 Å². The van der Waals surface area contributed by atoms with Gasteiger partial charge in [-0.2, -0.15) is 0 Å². The predicted octanol–water partition coefficient (Wildman–Crippen LogP) is 2.76. The molecular weight excluding hydrogens is 472 g/mol. The normalized spacial score (nSPS) is 13.9. The molecule has 1 aromatic rings. The molecule has 35 heavy (non-hydrogen) atoms. The third-order valence-electron chi connectivity index (χ3n) is 5.03. The monoisotopic (exact) mass is 508 g/mol. The van der Waals surface area contributed by atoms with Crippen LogP contribution >= 0.6 is 11.8 Å². The second kappa shape index (κ2) is 13.9. The van der Waals surface area contributed by atoms with E-state index in [4.69, 9.17) is 9.47 Å². The summed E-state index contributed by atoms with van der Waals surface area (Å²) in [6.07, 6.45) is 1.74. The first-order chi connectivity index (χ1) is 16.6. The van der Waals surface area contributed by atoms with E-state index in [0.717, 1.165) is 36.6 Å². The smallest absolute Gasteiger partial charge is 0.408 e. The van der Waals surface area contributed by atoms with Crippen molar-refractivity contribution in [1.29, 1.82) is 0 Å². The van der Waals surface area contributed by atoms with Gasteiger partial charge in [0.15, 0.2) is 0 Å². The van der Waals surface area contributed by atoms with Gasteiger partial charge in [-0.3, -0.25) is 25.2 Å².